The number of nitrogens with zero attached hydrogens (tertiary/aromatic N) is 4. The summed E-state index contributed by atoms with van der Waals surface area (Å²) in [6, 6.07) is 22.7. The maximum atomic E-state index is 13.2. The van der Waals surface area contributed by atoms with Crippen LogP contribution in [0.4, 0.5) is 11.4 Å². The van der Waals surface area contributed by atoms with Crippen molar-refractivity contribution in [3.63, 3.8) is 0 Å². The van der Waals surface area contributed by atoms with E-state index >= 15 is 0 Å². The minimum Gasteiger partial charge on any atom is -0.462 e. The van der Waals surface area contributed by atoms with E-state index in [0.29, 0.717) is 5.56 Å². The van der Waals surface area contributed by atoms with Crippen molar-refractivity contribution in [2.24, 2.45) is 0 Å². The molecule has 9 heteroatoms. The molecule has 0 saturated heterocycles. The second-order valence-electron chi connectivity index (χ2n) is 7.77. The van der Waals surface area contributed by atoms with Crippen molar-refractivity contribution in [3.05, 3.63) is 84.2 Å². The second kappa shape index (κ2) is 9.97. The van der Waals surface area contributed by atoms with E-state index in [2.05, 4.69) is 10.2 Å². The molecule has 7 nitrogen and oxygen atoms in total. The molecule has 0 radical (unpaired) electrons. The Hall–Kier alpha value is -3.56. The number of thioether (sulfide) groups is 1. The van der Waals surface area contributed by atoms with Crippen LogP contribution in [0.3, 0.4) is 0 Å². The third-order valence-corrected chi connectivity index (χ3v) is 7.33. The van der Waals surface area contributed by atoms with Crippen LogP contribution >= 0.6 is 23.5 Å². The number of ether oxygens (including phenoxy) is 1. The van der Waals surface area contributed by atoms with E-state index in [1.807, 2.05) is 78.4 Å². The number of hydrogen-bond donors (Lipinski definition) is 0. The molecule has 0 atom stereocenters. The van der Waals surface area contributed by atoms with E-state index in [9.17, 15) is 9.59 Å². The van der Waals surface area contributed by atoms with Gasteiger partial charge in [-0.25, -0.2) is 4.79 Å². The Morgan fingerprint density at radius 2 is 1.54 bits per heavy atom. The number of esters is 1. The van der Waals surface area contributed by atoms with Gasteiger partial charge in [0.05, 0.1) is 23.4 Å². The fourth-order valence-electron chi connectivity index (χ4n) is 3.92. The number of carbonyl (C=O) groups excluding carboxylic acids is 2. The molecule has 0 bridgehead atoms. The number of amides is 1. The van der Waals surface area contributed by atoms with Crippen LogP contribution in [0.5, 0.6) is 0 Å². The first-order valence-corrected chi connectivity index (χ1v) is 13.0. The number of rotatable bonds is 6. The third-order valence-electron chi connectivity index (χ3n) is 5.57. The quantitative estimate of drug-likeness (QED) is 0.248. The summed E-state index contributed by atoms with van der Waals surface area (Å²) in [5.74, 6) is 0.174. The molecule has 4 aromatic rings. The molecular formula is C26H22N4O3S2. The lowest BCUT2D eigenvalue weighted by molar-refractivity contribution is -0.118. The lowest BCUT2D eigenvalue weighted by Crippen LogP contribution is -2.29. The van der Waals surface area contributed by atoms with Crippen LogP contribution in [-0.2, 0) is 9.53 Å². The van der Waals surface area contributed by atoms with Gasteiger partial charge >= 0.3 is 5.97 Å². The zero-order chi connectivity index (χ0) is 24.4. The van der Waals surface area contributed by atoms with E-state index in [-0.39, 0.29) is 18.9 Å². The number of benzene rings is 3. The molecule has 5 rings (SSSR count). The molecule has 1 aliphatic heterocycles. The zero-order valence-corrected chi connectivity index (χ0v) is 20.8. The highest BCUT2D eigenvalue weighted by Crippen LogP contribution is 2.48. The molecule has 0 aliphatic carbocycles. The molecule has 0 saturated carbocycles. The van der Waals surface area contributed by atoms with Gasteiger partial charge in [-0.2, -0.15) is 0 Å². The number of carbonyl (C=O) groups is 2. The standard InChI is InChI=1S/C26H22N4O3S2/c1-17-27-28-26(34-2)29(17)19-13-11-18(12-14-19)25(32)33-16-15-24(31)30-20-7-3-5-9-22(20)35-23-10-6-4-8-21(23)30/h3-14H,15-16H2,1-2H3. The number of aromatic nitrogens is 3. The summed E-state index contributed by atoms with van der Waals surface area (Å²) in [7, 11) is 0. The lowest BCUT2D eigenvalue weighted by Gasteiger charge is -2.31. The van der Waals surface area contributed by atoms with Crippen LogP contribution in [-0.4, -0.2) is 39.5 Å². The number of hydrogen-bond acceptors (Lipinski definition) is 7. The molecule has 1 aromatic heterocycles. The van der Waals surface area contributed by atoms with Crippen molar-refractivity contribution in [2.75, 3.05) is 17.8 Å². The molecule has 176 valence electrons. The topological polar surface area (TPSA) is 77.3 Å². The van der Waals surface area contributed by atoms with Crippen molar-refractivity contribution >= 4 is 46.8 Å². The number of para-hydroxylation sites is 2. The smallest absolute Gasteiger partial charge is 0.338 e. The minimum atomic E-state index is -0.468. The Kier molecular flexibility index (Phi) is 6.61. The average Bonchev–Trinajstić information content (AvgIpc) is 3.27. The van der Waals surface area contributed by atoms with Gasteiger partial charge in [0.2, 0.25) is 5.91 Å². The molecule has 0 unspecified atom stereocenters. The third kappa shape index (κ3) is 4.56. The summed E-state index contributed by atoms with van der Waals surface area (Å²) < 4.78 is 7.36. The normalized spacial score (nSPS) is 12.1. The van der Waals surface area contributed by atoms with Crippen molar-refractivity contribution in [2.45, 2.75) is 28.3 Å². The van der Waals surface area contributed by atoms with E-state index < -0.39 is 5.97 Å². The van der Waals surface area contributed by atoms with Gasteiger partial charge in [0, 0.05) is 15.5 Å². The van der Waals surface area contributed by atoms with E-state index in [0.717, 1.165) is 37.8 Å². The van der Waals surface area contributed by atoms with Crippen LogP contribution in [0.1, 0.15) is 22.6 Å². The summed E-state index contributed by atoms with van der Waals surface area (Å²) in [6.45, 7) is 1.87. The summed E-state index contributed by atoms with van der Waals surface area (Å²) in [5.41, 5.74) is 2.97. The van der Waals surface area contributed by atoms with E-state index in [1.54, 1.807) is 28.8 Å². The van der Waals surface area contributed by atoms with Gasteiger partial charge in [-0.1, -0.05) is 47.8 Å². The van der Waals surface area contributed by atoms with Crippen molar-refractivity contribution in [3.8, 4) is 5.69 Å². The van der Waals surface area contributed by atoms with Crippen molar-refractivity contribution in [1.82, 2.24) is 14.8 Å². The Morgan fingerprint density at radius 3 is 2.17 bits per heavy atom. The minimum absolute atomic E-state index is 0.00539. The van der Waals surface area contributed by atoms with Gasteiger partial charge in [-0.15, -0.1) is 10.2 Å². The largest absolute Gasteiger partial charge is 0.462 e. The second-order valence-corrected chi connectivity index (χ2v) is 9.63. The van der Waals surface area contributed by atoms with Crippen LogP contribution in [0.2, 0.25) is 0 Å². The summed E-state index contributed by atoms with van der Waals surface area (Å²) in [5, 5.41) is 9.02. The highest BCUT2D eigenvalue weighted by atomic mass is 32.2. The predicted octanol–water partition coefficient (Wildman–Crippen LogP) is 5.67. The maximum Gasteiger partial charge on any atom is 0.338 e. The number of anilines is 2. The van der Waals surface area contributed by atoms with Gasteiger partial charge < -0.3 is 4.74 Å². The maximum absolute atomic E-state index is 13.2. The molecule has 1 amide bonds. The fourth-order valence-corrected chi connectivity index (χ4v) is 5.52. The molecule has 1 aliphatic rings. The van der Waals surface area contributed by atoms with Gasteiger partial charge in [-0.05, 0) is 61.7 Å². The first-order chi connectivity index (χ1) is 17.1. The molecule has 0 N–H and O–H groups in total. The number of fused-ring (bicyclic) bond motifs is 2. The molecule has 35 heavy (non-hydrogen) atoms. The Morgan fingerprint density at radius 1 is 0.914 bits per heavy atom. The highest BCUT2D eigenvalue weighted by molar-refractivity contribution is 7.99. The zero-order valence-electron chi connectivity index (χ0n) is 19.2. The fraction of sp³-hybridized carbons (Fsp3) is 0.154. The van der Waals surface area contributed by atoms with Crippen LogP contribution in [0, 0.1) is 6.92 Å². The van der Waals surface area contributed by atoms with Crippen LogP contribution < -0.4 is 4.90 Å². The lowest BCUT2D eigenvalue weighted by atomic mass is 10.2. The molecule has 2 heterocycles. The Balaban J connectivity index is 1.25. The first kappa shape index (κ1) is 23.2. The molecule has 3 aromatic carbocycles. The molecule has 0 fully saturated rings. The van der Waals surface area contributed by atoms with Crippen LogP contribution in [0.15, 0.2) is 87.7 Å². The summed E-state index contributed by atoms with van der Waals surface area (Å²) >= 11 is 3.14. The monoisotopic (exact) mass is 502 g/mol. The number of aryl methyl sites for hydroxylation is 1. The Bertz CT molecular complexity index is 1360. The summed E-state index contributed by atoms with van der Waals surface area (Å²) in [6.07, 6.45) is 2.01. The molecule has 0 spiro atoms. The van der Waals surface area contributed by atoms with Gasteiger partial charge in [0.25, 0.3) is 0 Å². The summed E-state index contributed by atoms with van der Waals surface area (Å²) in [4.78, 5) is 29.6. The van der Waals surface area contributed by atoms with E-state index in [1.165, 1.54) is 11.8 Å². The van der Waals surface area contributed by atoms with Gasteiger partial charge in [0.15, 0.2) is 5.16 Å². The Labute approximate surface area is 211 Å². The first-order valence-electron chi connectivity index (χ1n) is 11.0. The van der Waals surface area contributed by atoms with Gasteiger partial charge in [-0.3, -0.25) is 14.3 Å². The SMILES string of the molecule is CSc1nnc(C)n1-c1ccc(C(=O)OCCC(=O)N2c3ccccc3Sc3ccccc32)cc1. The predicted molar refractivity (Wildman–Crippen MR) is 137 cm³/mol. The van der Waals surface area contributed by atoms with Gasteiger partial charge in [0.1, 0.15) is 12.4 Å². The van der Waals surface area contributed by atoms with Crippen LogP contribution in [0.25, 0.3) is 5.69 Å². The van der Waals surface area contributed by atoms with Crippen molar-refractivity contribution < 1.29 is 14.3 Å². The average molecular weight is 503 g/mol. The van der Waals surface area contributed by atoms with E-state index in [4.69, 9.17) is 4.74 Å². The molecular weight excluding hydrogens is 480 g/mol. The van der Waals surface area contributed by atoms with Crippen molar-refractivity contribution in [1.29, 1.82) is 0 Å². The highest BCUT2D eigenvalue weighted by Gasteiger charge is 2.27.